The number of fused-ring (bicyclic) bond motifs is 7. The molecule has 6 rings (SSSR count). The van der Waals surface area contributed by atoms with E-state index in [2.05, 4.69) is 38.7 Å². The van der Waals surface area contributed by atoms with E-state index in [1.807, 2.05) is 29.1 Å². The molecule has 11 nitrogen and oxygen atoms in total. The van der Waals surface area contributed by atoms with Crippen molar-refractivity contribution >= 4 is 22.6 Å². The van der Waals surface area contributed by atoms with Crippen molar-refractivity contribution in [2.75, 3.05) is 40.3 Å². The van der Waals surface area contributed by atoms with Crippen LogP contribution in [0.4, 0.5) is 0 Å². The second-order valence-electron chi connectivity index (χ2n) is 10.8. The molecule has 2 aromatic carbocycles. The van der Waals surface area contributed by atoms with Crippen LogP contribution in [-0.2, 0) is 17.9 Å². The zero-order chi connectivity index (χ0) is 28.5. The molecule has 1 N–H and O–H groups in total. The largest absolute Gasteiger partial charge is 0.496 e. The van der Waals surface area contributed by atoms with Crippen LogP contribution in [0.25, 0.3) is 10.8 Å². The number of benzene rings is 2. The average molecular weight is 556 g/mol. The van der Waals surface area contributed by atoms with E-state index in [-0.39, 0.29) is 41.4 Å². The highest BCUT2D eigenvalue weighted by Gasteiger charge is 2.37. The Labute approximate surface area is 237 Å². The standard InChI is InChI=1S/C30H33N7O4/c1-34-13-11-31-28(38)14-21-15-35(18-25-23-7-4-3-6-20(23)9-10-27(25)41-2)19-26(21)37-17-22(32-33-37)16-36-12-5-8-24(29(34)39)30(36)40/h3-10,12,17,21,26H,11,13-16,18-19H2,1-2H3,(H,31,38)/t21-,26+/m0/s1. The molecule has 1 saturated heterocycles. The number of nitrogens with one attached hydrogen (secondary N) is 1. The number of nitrogens with zero attached hydrogens (tertiary/aromatic N) is 6. The molecule has 1 fully saturated rings. The van der Waals surface area contributed by atoms with Gasteiger partial charge in [0, 0.05) is 63.9 Å². The fraction of sp³-hybridized carbons (Fsp3) is 0.367. The number of likely N-dealkylation sites (tertiary alicyclic amines) is 1. The van der Waals surface area contributed by atoms with Crippen LogP contribution in [0.1, 0.15) is 34.1 Å². The first-order valence-corrected chi connectivity index (χ1v) is 13.8. The van der Waals surface area contributed by atoms with Crippen molar-refractivity contribution in [3.63, 3.8) is 0 Å². The Morgan fingerprint density at radius 2 is 1.90 bits per heavy atom. The Kier molecular flexibility index (Phi) is 7.27. The van der Waals surface area contributed by atoms with Gasteiger partial charge in [-0.1, -0.05) is 35.5 Å². The molecule has 0 spiro atoms. The highest BCUT2D eigenvalue weighted by Crippen LogP contribution is 2.35. The molecule has 41 heavy (non-hydrogen) atoms. The molecule has 4 bridgehead atoms. The normalized spacial score (nSPS) is 20.2. The van der Waals surface area contributed by atoms with E-state index in [9.17, 15) is 14.4 Å². The number of rotatable bonds is 3. The molecule has 4 heterocycles. The number of hydrogen-bond acceptors (Lipinski definition) is 7. The first kappa shape index (κ1) is 26.7. The van der Waals surface area contributed by atoms with E-state index in [1.54, 1.807) is 26.4 Å². The van der Waals surface area contributed by atoms with Gasteiger partial charge in [-0.2, -0.15) is 0 Å². The van der Waals surface area contributed by atoms with E-state index in [0.29, 0.717) is 44.8 Å². The van der Waals surface area contributed by atoms with Crippen molar-refractivity contribution in [3.8, 4) is 5.75 Å². The molecule has 2 amide bonds. The summed E-state index contributed by atoms with van der Waals surface area (Å²) < 4.78 is 9.04. The van der Waals surface area contributed by atoms with Crippen LogP contribution in [0.3, 0.4) is 0 Å². The summed E-state index contributed by atoms with van der Waals surface area (Å²) in [6.07, 6.45) is 3.81. The van der Waals surface area contributed by atoms with Crippen LogP contribution in [0.5, 0.6) is 5.75 Å². The third-order valence-corrected chi connectivity index (χ3v) is 8.13. The number of carbonyl (C=O) groups excluding carboxylic acids is 2. The third-order valence-electron chi connectivity index (χ3n) is 8.13. The van der Waals surface area contributed by atoms with Crippen molar-refractivity contribution in [3.05, 3.63) is 88.1 Å². The number of aromatic nitrogens is 4. The topological polar surface area (TPSA) is 115 Å². The molecule has 11 heteroatoms. The van der Waals surface area contributed by atoms with Gasteiger partial charge in [0.2, 0.25) is 5.91 Å². The Balaban J connectivity index is 1.32. The molecule has 0 unspecified atom stereocenters. The minimum absolute atomic E-state index is 0.0103. The monoisotopic (exact) mass is 555 g/mol. The van der Waals surface area contributed by atoms with Crippen LogP contribution in [-0.4, -0.2) is 81.5 Å². The SMILES string of the molecule is COc1ccc2ccccc2c1CN1C[C@@H]2CC(=O)NCCN(C)C(=O)c3cccn(c3=O)Cc3cn(nn3)[C@@H]2C1. The minimum atomic E-state index is -0.385. The Hall–Kier alpha value is -4.51. The lowest BCUT2D eigenvalue weighted by atomic mass is 9.99. The number of methoxy groups -OCH3 is 1. The average Bonchev–Trinajstić information content (AvgIpc) is 3.60. The maximum atomic E-state index is 13.1. The summed E-state index contributed by atoms with van der Waals surface area (Å²) >= 11 is 0. The van der Waals surface area contributed by atoms with E-state index in [1.165, 1.54) is 15.5 Å². The van der Waals surface area contributed by atoms with Gasteiger partial charge in [0.1, 0.15) is 17.0 Å². The fourth-order valence-electron chi connectivity index (χ4n) is 5.99. The number of carbonyl (C=O) groups is 2. The van der Waals surface area contributed by atoms with Gasteiger partial charge in [-0.05, 0) is 29.0 Å². The van der Waals surface area contributed by atoms with Gasteiger partial charge in [-0.25, -0.2) is 4.68 Å². The van der Waals surface area contributed by atoms with Crippen molar-refractivity contribution < 1.29 is 14.3 Å². The smallest absolute Gasteiger partial charge is 0.263 e. The maximum absolute atomic E-state index is 13.1. The molecule has 0 saturated carbocycles. The summed E-state index contributed by atoms with van der Waals surface area (Å²) in [4.78, 5) is 42.9. The van der Waals surface area contributed by atoms with Crippen molar-refractivity contribution in [1.29, 1.82) is 0 Å². The lowest BCUT2D eigenvalue weighted by Gasteiger charge is -2.20. The second-order valence-corrected chi connectivity index (χ2v) is 10.8. The zero-order valence-corrected chi connectivity index (χ0v) is 23.2. The molecule has 0 radical (unpaired) electrons. The number of hydrogen-bond donors (Lipinski definition) is 1. The van der Waals surface area contributed by atoms with Gasteiger partial charge < -0.3 is 19.5 Å². The Morgan fingerprint density at radius 1 is 1.05 bits per heavy atom. The van der Waals surface area contributed by atoms with Gasteiger partial charge >= 0.3 is 0 Å². The van der Waals surface area contributed by atoms with Crippen LogP contribution >= 0.6 is 0 Å². The van der Waals surface area contributed by atoms with Crippen LogP contribution in [0.2, 0.25) is 0 Å². The third kappa shape index (κ3) is 5.32. The van der Waals surface area contributed by atoms with Gasteiger partial charge in [0.15, 0.2) is 0 Å². The fourth-order valence-corrected chi connectivity index (χ4v) is 5.99. The summed E-state index contributed by atoms with van der Waals surface area (Å²) in [6, 6.07) is 15.5. The predicted octanol–water partition coefficient (Wildman–Crippen LogP) is 1.91. The lowest BCUT2D eigenvalue weighted by molar-refractivity contribution is -0.122. The molecular weight excluding hydrogens is 522 g/mol. The quantitative estimate of drug-likeness (QED) is 0.411. The number of amides is 2. The van der Waals surface area contributed by atoms with Gasteiger partial charge in [-0.3, -0.25) is 19.3 Å². The summed E-state index contributed by atoms with van der Waals surface area (Å²) in [5.41, 5.74) is 1.41. The second kappa shape index (κ2) is 11.2. The van der Waals surface area contributed by atoms with Gasteiger partial charge in [-0.15, -0.1) is 5.10 Å². The van der Waals surface area contributed by atoms with Crippen molar-refractivity contribution in [2.24, 2.45) is 5.92 Å². The summed E-state index contributed by atoms with van der Waals surface area (Å²) in [5, 5.41) is 14.0. The molecule has 2 aromatic heterocycles. The summed E-state index contributed by atoms with van der Waals surface area (Å²) in [7, 11) is 3.32. The lowest BCUT2D eigenvalue weighted by Crippen LogP contribution is -2.39. The van der Waals surface area contributed by atoms with Crippen LogP contribution in [0.15, 0.2) is 65.7 Å². The number of pyridine rings is 1. The highest BCUT2D eigenvalue weighted by molar-refractivity contribution is 5.93. The van der Waals surface area contributed by atoms with Crippen LogP contribution < -0.4 is 15.6 Å². The summed E-state index contributed by atoms with van der Waals surface area (Å²) in [6.45, 7) is 2.82. The maximum Gasteiger partial charge on any atom is 0.263 e. The molecular formula is C30H33N7O4. The first-order chi connectivity index (χ1) is 19.9. The van der Waals surface area contributed by atoms with Crippen molar-refractivity contribution in [1.82, 2.24) is 34.7 Å². The zero-order valence-electron chi connectivity index (χ0n) is 23.2. The molecule has 0 aliphatic carbocycles. The van der Waals surface area contributed by atoms with E-state index < -0.39 is 0 Å². The molecule has 2 atom stereocenters. The Morgan fingerprint density at radius 3 is 2.76 bits per heavy atom. The minimum Gasteiger partial charge on any atom is -0.496 e. The van der Waals surface area contributed by atoms with Crippen LogP contribution in [0, 0.1) is 5.92 Å². The highest BCUT2D eigenvalue weighted by atomic mass is 16.5. The Bertz CT molecular complexity index is 1660. The molecule has 4 aromatic rings. The molecule has 212 valence electrons. The number of ether oxygens (including phenoxy) is 1. The summed E-state index contributed by atoms with van der Waals surface area (Å²) in [5.74, 6) is 0.356. The number of likely N-dealkylation sites (N-methyl/N-ethyl adjacent to an activating group) is 1. The molecule has 2 aliphatic heterocycles. The first-order valence-electron chi connectivity index (χ1n) is 13.8. The van der Waals surface area contributed by atoms with Gasteiger partial charge in [0.05, 0.1) is 25.9 Å². The van der Waals surface area contributed by atoms with E-state index >= 15 is 0 Å². The van der Waals surface area contributed by atoms with Gasteiger partial charge in [0.25, 0.3) is 11.5 Å². The van der Waals surface area contributed by atoms with E-state index in [4.69, 9.17) is 4.74 Å². The predicted molar refractivity (Wildman–Crippen MR) is 153 cm³/mol. The van der Waals surface area contributed by atoms with E-state index in [0.717, 1.165) is 22.1 Å². The molecule has 2 aliphatic rings. The van der Waals surface area contributed by atoms with Crippen molar-refractivity contribution in [2.45, 2.75) is 25.6 Å².